The summed E-state index contributed by atoms with van der Waals surface area (Å²) >= 11 is 1.41. The predicted octanol–water partition coefficient (Wildman–Crippen LogP) is 6.64. The van der Waals surface area contributed by atoms with Gasteiger partial charge < -0.3 is 9.30 Å². The number of para-hydroxylation sites is 1. The van der Waals surface area contributed by atoms with E-state index in [1.165, 1.54) is 11.8 Å². The van der Waals surface area contributed by atoms with Crippen LogP contribution in [0.15, 0.2) is 96.2 Å². The number of aryl methyl sites for hydroxylation is 1. The van der Waals surface area contributed by atoms with Crippen molar-refractivity contribution in [2.45, 2.75) is 32.3 Å². The Hall–Kier alpha value is -4.10. The van der Waals surface area contributed by atoms with Crippen molar-refractivity contribution in [2.75, 3.05) is 12.4 Å². The highest BCUT2D eigenvalue weighted by atomic mass is 32.2. The second kappa shape index (κ2) is 11.5. The van der Waals surface area contributed by atoms with Gasteiger partial charge in [-0.1, -0.05) is 60.3 Å². The number of thioether (sulfide) groups is 1. The summed E-state index contributed by atoms with van der Waals surface area (Å²) in [6.45, 7) is 6.61. The molecule has 0 aliphatic heterocycles. The van der Waals surface area contributed by atoms with Crippen molar-refractivity contribution in [3.63, 3.8) is 0 Å². The van der Waals surface area contributed by atoms with Crippen LogP contribution in [0, 0.1) is 13.8 Å². The van der Waals surface area contributed by atoms with E-state index in [0.29, 0.717) is 18.2 Å². The quantitative estimate of drug-likeness (QED) is 0.152. The number of ketones is 1. The van der Waals surface area contributed by atoms with E-state index in [2.05, 4.69) is 39.0 Å². The molecular weight excluding hydrogens is 492 g/mol. The second-order valence-electron chi connectivity index (χ2n) is 8.99. The number of rotatable bonds is 10. The fourth-order valence-corrected chi connectivity index (χ4v) is 5.49. The molecular formula is C31H30N4O2S. The number of benzene rings is 3. The van der Waals surface area contributed by atoms with E-state index in [9.17, 15) is 4.79 Å². The van der Waals surface area contributed by atoms with Gasteiger partial charge >= 0.3 is 0 Å². The zero-order valence-corrected chi connectivity index (χ0v) is 22.6. The molecule has 0 saturated heterocycles. The number of aromatic nitrogens is 4. The average molecular weight is 523 g/mol. The summed E-state index contributed by atoms with van der Waals surface area (Å²) in [7, 11) is 0. The van der Waals surface area contributed by atoms with Crippen LogP contribution in [-0.2, 0) is 6.42 Å². The molecule has 2 heterocycles. The Bertz CT molecular complexity index is 1520. The summed E-state index contributed by atoms with van der Waals surface area (Å²) in [6.07, 6.45) is 0.633. The lowest BCUT2D eigenvalue weighted by Crippen LogP contribution is -2.08. The monoisotopic (exact) mass is 522 g/mol. The molecule has 5 aromatic rings. The van der Waals surface area contributed by atoms with E-state index in [1.807, 2.05) is 92.1 Å². The fourth-order valence-electron chi connectivity index (χ4n) is 4.63. The Labute approximate surface area is 227 Å². The molecule has 192 valence electrons. The largest absolute Gasteiger partial charge is 0.494 e. The van der Waals surface area contributed by atoms with E-state index in [4.69, 9.17) is 4.74 Å². The van der Waals surface area contributed by atoms with Crippen LogP contribution in [0.3, 0.4) is 0 Å². The fraction of sp³-hybridized carbons (Fsp3) is 0.194. The highest BCUT2D eigenvalue weighted by molar-refractivity contribution is 7.99. The Morgan fingerprint density at radius 3 is 2.18 bits per heavy atom. The molecule has 7 heteroatoms. The Morgan fingerprint density at radius 2 is 1.50 bits per heavy atom. The number of carbonyl (C=O) groups excluding carboxylic acids is 1. The SMILES string of the molecule is CCOc1ccc(-n2c(Cc3ccccc3)nnc2SCC(=O)c2cc(C)n(-c3ccccc3)c2C)cc1. The van der Waals surface area contributed by atoms with Gasteiger partial charge in [0.25, 0.3) is 0 Å². The molecule has 2 aromatic heterocycles. The van der Waals surface area contributed by atoms with Gasteiger partial charge in [0.2, 0.25) is 0 Å². The molecule has 6 nitrogen and oxygen atoms in total. The van der Waals surface area contributed by atoms with Crippen LogP contribution in [0.5, 0.6) is 5.75 Å². The lowest BCUT2D eigenvalue weighted by molar-refractivity contribution is 0.102. The standard InChI is InChI=1S/C31H30N4O2S/c1-4-37-27-17-15-26(16-18-27)35-30(20-24-11-7-5-8-12-24)32-33-31(35)38-21-29(36)28-19-22(2)34(23(28)3)25-13-9-6-10-14-25/h5-19H,4,20-21H2,1-3H3. The highest BCUT2D eigenvalue weighted by Gasteiger charge is 2.20. The predicted molar refractivity (Wildman–Crippen MR) is 152 cm³/mol. The minimum absolute atomic E-state index is 0.0659. The zero-order valence-electron chi connectivity index (χ0n) is 21.8. The molecule has 0 bridgehead atoms. The van der Waals surface area contributed by atoms with Crippen LogP contribution >= 0.6 is 11.8 Å². The van der Waals surface area contributed by atoms with Crippen molar-refractivity contribution in [3.8, 4) is 17.1 Å². The average Bonchev–Trinajstić information content (AvgIpc) is 3.48. The molecule has 0 saturated carbocycles. The van der Waals surface area contributed by atoms with E-state index < -0.39 is 0 Å². The topological polar surface area (TPSA) is 61.9 Å². The van der Waals surface area contributed by atoms with Crippen LogP contribution in [0.25, 0.3) is 11.4 Å². The maximum Gasteiger partial charge on any atom is 0.196 e. The summed E-state index contributed by atoms with van der Waals surface area (Å²) < 4.78 is 9.78. The van der Waals surface area contributed by atoms with E-state index in [1.54, 1.807) is 0 Å². The number of carbonyl (C=O) groups is 1. The molecule has 3 aromatic carbocycles. The van der Waals surface area contributed by atoms with Crippen molar-refractivity contribution in [1.82, 2.24) is 19.3 Å². The van der Waals surface area contributed by atoms with Gasteiger partial charge in [0.15, 0.2) is 10.9 Å². The number of ether oxygens (including phenoxy) is 1. The third-order valence-electron chi connectivity index (χ3n) is 6.39. The molecule has 0 atom stereocenters. The first-order valence-electron chi connectivity index (χ1n) is 12.7. The summed E-state index contributed by atoms with van der Waals surface area (Å²) in [5.41, 5.74) is 5.84. The van der Waals surface area contributed by atoms with Gasteiger partial charge in [-0.15, -0.1) is 10.2 Å². The molecule has 0 aliphatic carbocycles. The minimum Gasteiger partial charge on any atom is -0.494 e. The van der Waals surface area contributed by atoms with Crippen LogP contribution in [0.2, 0.25) is 0 Å². The number of nitrogens with zero attached hydrogens (tertiary/aromatic N) is 4. The molecule has 0 radical (unpaired) electrons. The minimum atomic E-state index is 0.0659. The highest BCUT2D eigenvalue weighted by Crippen LogP contribution is 2.27. The zero-order chi connectivity index (χ0) is 26.5. The Morgan fingerprint density at radius 1 is 0.842 bits per heavy atom. The first kappa shape index (κ1) is 25.5. The third kappa shape index (κ3) is 5.43. The maximum absolute atomic E-state index is 13.4. The smallest absolute Gasteiger partial charge is 0.196 e. The van der Waals surface area contributed by atoms with E-state index in [0.717, 1.165) is 45.5 Å². The van der Waals surface area contributed by atoms with Gasteiger partial charge in [0, 0.05) is 34.7 Å². The lowest BCUT2D eigenvalue weighted by atomic mass is 10.1. The maximum atomic E-state index is 13.4. The Balaban J connectivity index is 1.42. The normalized spacial score (nSPS) is 11.0. The van der Waals surface area contributed by atoms with Crippen LogP contribution in [0.4, 0.5) is 0 Å². The first-order chi connectivity index (χ1) is 18.5. The molecule has 0 unspecified atom stereocenters. The molecule has 0 spiro atoms. The van der Waals surface area contributed by atoms with Crippen molar-refractivity contribution in [2.24, 2.45) is 0 Å². The van der Waals surface area contributed by atoms with Crippen molar-refractivity contribution in [3.05, 3.63) is 119 Å². The molecule has 0 amide bonds. The molecule has 0 N–H and O–H groups in total. The lowest BCUT2D eigenvalue weighted by Gasteiger charge is -2.12. The van der Waals surface area contributed by atoms with Gasteiger partial charge in [0.1, 0.15) is 11.6 Å². The van der Waals surface area contributed by atoms with Crippen LogP contribution in [-0.4, -0.2) is 37.5 Å². The molecule has 5 rings (SSSR count). The van der Waals surface area contributed by atoms with Crippen LogP contribution in [0.1, 0.15) is 40.1 Å². The first-order valence-corrected chi connectivity index (χ1v) is 13.7. The number of Topliss-reactive ketones (excluding diaryl/α,β-unsaturated/α-hetero) is 1. The Kier molecular flexibility index (Phi) is 7.75. The summed E-state index contributed by atoms with van der Waals surface area (Å²) in [6, 6.07) is 30.2. The second-order valence-corrected chi connectivity index (χ2v) is 9.93. The van der Waals surface area contributed by atoms with Gasteiger partial charge in [-0.3, -0.25) is 9.36 Å². The number of hydrogen-bond donors (Lipinski definition) is 0. The van der Waals surface area contributed by atoms with Crippen molar-refractivity contribution < 1.29 is 9.53 Å². The molecule has 0 fully saturated rings. The third-order valence-corrected chi connectivity index (χ3v) is 7.32. The van der Waals surface area contributed by atoms with Gasteiger partial charge in [-0.05, 0) is 68.8 Å². The van der Waals surface area contributed by atoms with Gasteiger partial charge in [-0.2, -0.15) is 0 Å². The van der Waals surface area contributed by atoms with Gasteiger partial charge in [-0.25, -0.2) is 0 Å². The van der Waals surface area contributed by atoms with Crippen LogP contribution < -0.4 is 4.74 Å². The summed E-state index contributed by atoms with van der Waals surface area (Å²) in [5, 5.41) is 9.70. The summed E-state index contributed by atoms with van der Waals surface area (Å²) in [4.78, 5) is 13.4. The van der Waals surface area contributed by atoms with Crippen molar-refractivity contribution >= 4 is 17.5 Å². The molecule has 0 aliphatic rings. The van der Waals surface area contributed by atoms with Crippen molar-refractivity contribution in [1.29, 1.82) is 0 Å². The van der Waals surface area contributed by atoms with Gasteiger partial charge in [0.05, 0.1) is 12.4 Å². The summed E-state index contributed by atoms with van der Waals surface area (Å²) in [5.74, 6) is 1.96. The number of hydrogen-bond acceptors (Lipinski definition) is 5. The van der Waals surface area contributed by atoms with E-state index >= 15 is 0 Å². The van der Waals surface area contributed by atoms with E-state index in [-0.39, 0.29) is 11.5 Å². The molecule has 38 heavy (non-hydrogen) atoms.